The molecular formula is C11H8FN5OS. The van der Waals surface area contributed by atoms with E-state index in [9.17, 15) is 9.18 Å². The van der Waals surface area contributed by atoms with E-state index in [1.807, 2.05) is 0 Å². The zero-order valence-corrected chi connectivity index (χ0v) is 10.6. The lowest BCUT2D eigenvalue weighted by Crippen LogP contribution is -2.09. The third-order valence-electron chi connectivity index (χ3n) is 2.62. The first-order valence-electron chi connectivity index (χ1n) is 5.42. The van der Waals surface area contributed by atoms with Crippen LogP contribution in [0.5, 0.6) is 0 Å². The number of amides is 1. The summed E-state index contributed by atoms with van der Waals surface area (Å²) in [7, 11) is 1.66. The highest BCUT2D eigenvalue weighted by atomic mass is 32.2. The predicted molar refractivity (Wildman–Crippen MR) is 67.1 cm³/mol. The summed E-state index contributed by atoms with van der Waals surface area (Å²) in [4.78, 5) is 15.8. The molecule has 1 aromatic carbocycles. The molecule has 3 rings (SSSR count). The van der Waals surface area contributed by atoms with Gasteiger partial charge in [0.1, 0.15) is 10.9 Å². The number of carbonyl (C=O) groups excluding carboxylic acids is 1. The topological polar surface area (TPSA) is 73.0 Å². The van der Waals surface area contributed by atoms with Gasteiger partial charge >= 0.3 is 0 Å². The first kappa shape index (κ1) is 12.0. The highest BCUT2D eigenvalue weighted by molar-refractivity contribution is 8.15. The second-order valence-electron chi connectivity index (χ2n) is 3.92. The summed E-state index contributed by atoms with van der Waals surface area (Å²) in [6.45, 7) is 0. The first-order valence-corrected chi connectivity index (χ1v) is 6.30. The van der Waals surface area contributed by atoms with Gasteiger partial charge < -0.3 is 0 Å². The third kappa shape index (κ3) is 2.14. The molecule has 8 heteroatoms. The van der Waals surface area contributed by atoms with E-state index in [-0.39, 0.29) is 11.7 Å². The van der Waals surface area contributed by atoms with Gasteiger partial charge in [0.05, 0.1) is 0 Å². The summed E-state index contributed by atoms with van der Waals surface area (Å²) in [6.07, 6.45) is 0. The highest BCUT2D eigenvalue weighted by Gasteiger charge is 2.34. The number of hydrogen-bond acceptors (Lipinski definition) is 5. The van der Waals surface area contributed by atoms with Crippen LogP contribution in [0.4, 0.5) is 4.39 Å². The molecule has 1 atom stereocenters. The van der Waals surface area contributed by atoms with E-state index >= 15 is 0 Å². The van der Waals surface area contributed by atoms with Crippen molar-refractivity contribution in [3.8, 4) is 0 Å². The Kier molecular flexibility index (Phi) is 2.86. The van der Waals surface area contributed by atoms with Crippen molar-refractivity contribution in [2.75, 3.05) is 0 Å². The maximum Gasteiger partial charge on any atom is 0.268 e. The summed E-state index contributed by atoms with van der Waals surface area (Å²) in [5, 5.41) is 10.9. The van der Waals surface area contributed by atoms with Gasteiger partial charge in [-0.25, -0.2) is 14.1 Å². The number of thioether (sulfide) groups is 1. The normalized spacial score (nSPS) is 18.7. The lowest BCUT2D eigenvalue weighted by Gasteiger charge is -2.04. The fourth-order valence-corrected chi connectivity index (χ4v) is 2.81. The van der Waals surface area contributed by atoms with Crippen LogP contribution >= 0.6 is 11.8 Å². The van der Waals surface area contributed by atoms with Crippen LogP contribution in [0.2, 0.25) is 0 Å². The molecule has 1 aliphatic heterocycles. The van der Waals surface area contributed by atoms with Gasteiger partial charge in [0.2, 0.25) is 0 Å². The van der Waals surface area contributed by atoms with E-state index in [0.29, 0.717) is 16.4 Å². The van der Waals surface area contributed by atoms with E-state index in [1.165, 1.54) is 28.6 Å². The van der Waals surface area contributed by atoms with Gasteiger partial charge in [0.15, 0.2) is 11.1 Å². The van der Waals surface area contributed by atoms with Gasteiger partial charge in [0.25, 0.3) is 5.91 Å². The fourth-order valence-electron chi connectivity index (χ4n) is 1.72. The number of aromatic nitrogens is 4. The molecular weight excluding hydrogens is 269 g/mol. The largest absolute Gasteiger partial charge is 0.271 e. The van der Waals surface area contributed by atoms with Gasteiger partial charge in [-0.15, -0.1) is 5.10 Å². The molecule has 19 heavy (non-hydrogen) atoms. The van der Waals surface area contributed by atoms with E-state index in [1.54, 1.807) is 19.2 Å². The lowest BCUT2D eigenvalue weighted by molar-refractivity contribution is -0.117. The summed E-state index contributed by atoms with van der Waals surface area (Å²) in [5.41, 5.74) is 0.580. The zero-order chi connectivity index (χ0) is 13.4. The van der Waals surface area contributed by atoms with Crippen molar-refractivity contribution in [2.24, 2.45) is 12.0 Å². The maximum absolute atomic E-state index is 13.2. The van der Waals surface area contributed by atoms with Crippen molar-refractivity contribution in [1.29, 1.82) is 0 Å². The molecule has 1 amide bonds. The lowest BCUT2D eigenvalue weighted by atomic mass is 10.2. The van der Waals surface area contributed by atoms with Gasteiger partial charge in [0, 0.05) is 12.6 Å². The third-order valence-corrected chi connectivity index (χ3v) is 3.82. The fraction of sp³-hybridized carbons (Fsp3) is 0.182. The van der Waals surface area contributed by atoms with Crippen LogP contribution in [0.1, 0.15) is 16.6 Å². The van der Waals surface area contributed by atoms with Crippen LogP contribution in [-0.4, -0.2) is 31.2 Å². The van der Waals surface area contributed by atoms with Gasteiger partial charge in [-0.1, -0.05) is 23.9 Å². The predicted octanol–water partition coefficient (Wildman–Crippen LogP) is 1.11. The first-order chi connectivity index (χ1) is 9.15. The number of benzene rings is 1. The number of aryl methyl sites for hydroxylation is 1. The standard InChI is InChI=1S/C11H8FN5OS/c1-17-9(14-15-16-17)8-10(18)13-11(19-8)6-3-2-4-7(12)5-6/h2-5,8H,1H3. The number of tetrazole rings is 1. The number of hydrogen-bond donors (Lipinski definition) is 0. The second-order valence-corrected chi connectivity index (χ2v) is 5.02. The van der Waals surface area contributed by atoms with Crippen molar-refractivity contribution in [3.05, 3.63) is 41.5 Å². The number of nitrogens with zero attached hydrogens (tertiary/aromatic N) is 5. The molecule has 0 aliphatic carbocycles. The Morgan fingerprint density at radius 3 is 2.95 bits per heavy atom. The van der Waals surface area contributed by atoms with E-state index in [0.717, 1.165) is 0 Å². The molecule has 0 spiro atoms. The van der Waals surface area contributed by atoms with Crippen LogP contribution in [-0.2, 0) is 11.8 Å². The van der Waals surface area contributed by atoms with Gasteiger partial charge in [-0.3, -0.25) is 4.79 Å². The van der Waals surface area contributed by atoms with Crippen molar-refractivity contribution in [2.45, 2.75) is 5.25 Å². The van der Waals surface area contributed by atoms with E-state index in [2.05, 4.69) is 20.5 Å². The second kappa shape index (κ2) is 4.54. The SMILES string of the molecule is Cn1nnnc1C1SC(c2cccc(F)c2)=NC1=O. The molecule has 0 fully saturated rings. The average Bonchev–Trinajstić information content (AvgIpc) is 2.95. The van der Waals surface area contributed by atoms with Crippen molar-refractivity contribution in [1.82, 2.24) is 20.2 Å². The van der Waals surface area contributed by atoms with Gasteiger partial charge in [-0.05, 0) is 22.6 Å². The molecule has 1 unspecified atom stereocenters. The molecule has 2 heterocycles. The molecule has 96 valence electrons. The molecule has 0 bridgehead atoms. The van der Waals surface area contributed by atoms with Crippen molar-refractivity contribution >= 4 is 22.7 Å². The maximum atomic E-state index is 13.2. The van der Waals surface area contributed by atoms with Crippen LogP contribution < -0.4 is 0 Å². The molecule has 1 aliphatic rings. The molecule has 2 aromatic rings. The summed E-state index contributed by atoms with van der Waals surface area (Å²) >= 11 is 1.22. The Morgan fingerprint density at radius 1 is 1.42 bits per heavy atom. The number of carbonyl (C=O) groups is 1. The van der Waals surface area contributed by atoms with Crippen LogP contribution in [0.15, 0.2) is 29.3 Å². The summed E-state index contributed by atoms with van der Waals surface area (Å²) in [5.74, 6) is -0.260. The smallest absolute Gasteiger partial charge is 0.268 e. The Labute approximate surface area is 111 Å². The minimum Gasteiger partial charge on any atom is -0.271 e. The minimum atomic E-state index is -0.571. The zero-order valence-electron chi connectivity index (χ0n) is 9.82. The summed E-state index contributed by atoms with van der Waals surface area (Å²) < 4.78 is 14.6. The highest BCUT2D eigenvalue weighted by Crippen LogP contribution is 2.37. The molecule has 0 saturated heterocycles. The van der Waals surface area contributed by atoms with Crippen LogP contribution in [0.3, 0.4) is 0 Å². The van der Waals surface area contributed by atoms with E-state index in [4.69, 9.17) is 0 Å². The van der Waals surface area contributed by atoms with Crippen molar-refractivity contribution in [3.63, 3.8) is 0 Å². The molecule has 0 saturated carbocycles. The Balaban J connectivity index is 1.91. The number of aliphatic imine (C=N–C) groups is 1. The quantitative estimate of drug-likeness (QED) is 0.822. The molecule has 0 N–H and O–H groups in total. The van der Waals surface area contributed by atoms with Gasteiger partial charge in [-0.2, -0.15) is 0 Å². The van der Waals surface area contributed by atoms with Crippen LogP contribution in [0, 0.1) is 5.82 Å². The van der Waals surface area contributed by atoms with E-state index < -0.39 is 5.25 Å². The van der Waals surface area contributed by atoms with Crippen molar-refractivity contribution < 1.29 is 9.18 Å². The Morgan fingerprint density at radius 2 is 2.26 bits per heavy atom. The van der Waals surface area contributed by atoms with Crippen LogP contribution in [0.25, 0.3) is 0 Å². The minimum absolute atomic E-state index is 0.331. The average molecular weight is 277 g/mol. The Hall–Kier alpha value is -2.09. The molecule has 0 radical (unpaired) electrons. The summed E-state index contributed by atoms with van der Waals surface area (Å²) in [6, 6.07) is 5.97. The monoisotopic (exact) mass is 277 g/mol. The number of rotatable bonds is 2. The molecule has 1 aromatic heterocycles. The number of halogens is 1. The Bertz CT molecular complexity index is 683. The molecule has 6 nitrogen and oxygen atoms in total.